The summed E-state index contributed by atoms with van der Waals surface area (Å²) in [6.07, 6.45) is 12.5. The van der Waals surface area contributed by atoms with Gasteiger partial charge in [-0.25, -0.2) is 0 Å². The SMILES string of the molecule is CCCCCCCCOC(O)C(O)(CS)OCCCCCCCC. The van der Waals surface area contributed by atoms with Gasteiger partial charge in [-0.2, -0.15) is 12.6 Å². The van der Waals surface area contributed by atoms with E-state index in [0.29, 0.717) is 13.2 Å². The number of thiol groups is 1. The van der Waals surface area contributed by atoms with Crippen molar-refractivity contribution in [3.05, 3.63) is 0 Å². The zero-order chi connectivity index (χ0) is 18.1. The van der Waals surface area contributed by atoms with Crippen LogP contribution in [-0.2, 0) is 9.47 Å². The first kappa shape index (κ1) is 24.2. The number of aliphatic hydroxyl groups is 2. The summed E-state index contributed by atoms with van der Waals surface area (Å²) in [6.45, 7) is 5.25. The molecule has 2 N–H and O–H groups in total. The van der Waals surface area contributed by atoms with Crippen LogP contribution >= 0.6 is 12.6 Å². The van der Waals surface area contributed by atoms with Gasteiger partial charge in [-0.05, 0) is 12.8 Å². The fourth-order valence-corrected chi connectivity index (χ4v) is 2.78. The van der Waals surface area contributed by atoms with Gasteiger partial charge in [-0.15, -0.1) is 0 Å². The summed E-state index contributed by atoms with van der Waals surface area (Å²) in [5.41, 5.74) is 0. The molecule has 0 aliphatic carbocycles. The molecule has 0 saturated carbocycles. The van der Waals surface area contributed by atoms with E-state index in [4.69, 9.17) is 9.47 Å². The molecule has 0 bridgehead atoms. The van der Waals surface area contributed by atoms with E-state index in [0.717, 1.165) is 25.7 Å². The highest BCUT2D eigenvalue weighted by Crippen LogP contribution is 2.18. The molecule has 0 aromatic rings. The molecule has 4 nitrogen and oxygen atoms in total. The Kier molecular flexibility index (Phi) is 16.8. The van der Waals surface area contributed by atoms with Crippen LogP contribution in [0, 0.1) is 0 Å². The molecule has 0 amide bonds. The molecule has 2 unspecified atom stereocenters. The van der Waals surface area contributed by atoms with Crippen LogP contribution in [0.5, 0.6) is 0 Å². The van der Waals surface area contributed by atoms with Crippen molar-refractivity contribution in [1.82, 2.24) is 0 Å². The van der Waals surface area contributed by atoms with Crippen LogP contribution in [0.15, 0.2) is 0 Å². The Balaban J connectivity index is 3.76. The number of ether oxygens (including phenoxy) is 2. The van der Waals surface area contributed by atoms with Gasteiger partial charge in [-0.1, -0.05) is 78.1 Å². The Bertz CT molecular complexity index is 266. The second kappa shape index (κ2) is 16.6. The summed E-state index contributed by atoms with van der Waals surface area (Å²) in [6, 6.07) is 0. The third kappa shape index (κ3) is 12.5. The van der Waals surface area contributed by atoms with Crippen LogP contribution in [0.4, 0.5) is 0 Å². The summed E-state index contributed by atoms with van der Waals surface area (Å²) in [4.78, 5) is 0. The number of rotatable bonds is 18. The van der Waals surface area contributed by atoms with Crippen LogP contribution in [0.3, 0.4) is 0 Å². The average molecular weight is 365 g/mol. The molecule has 0 aliphatic heterocycles. The molecule has 0 radical (unpaired) electrons. The Hall–Kier alpha value is 0.190. The van der Waals surface area contributed by atoms with Crippen LogP contribution < -0.4 is 0 Å². The van der Waals surface area contributed by atoms with E-state index in [1.165, 1.54) is 51.4 Å². The van der Waals surface area contributed by atoms with E-state index in [-0.39, 0.29) is 5.75 Å². The lowest BCUT2D eigenvalue weighted by molar-refractivity contribution is -0.312. The van der Waals surface area contributed by atoms with Crippen LogP contribution in [0.2, 0.25) is 0 Å². The van der Waals surface area contributed by atoms with Crippen LogP contribution in [-0.4, -0.2) is 41.3 Å². The van der Waals surface area contributed by atoms with E-state index in [1.807, 2.05) is 0 Å². The highest BCUT2D eigenvalue weighted by molar-refractivity contribution is 7.80. The van der Waals surface area contributed by atoms with Gasteiger partial charge in [0.2, 0.25) is 12.1 Å². The lowest BCUT2D eigenvalue weighted by Gasteiger charge is -2.31. The molecule has 0 rings (SSSR count). The molecule has 2 atom stereocenters. The van der Waals surface area contributed by atoms with Crippen molar-refractivity contribution in [3.8, 4) is 0 Å². The summed E-state index contributed by atoms with van der Waals surface area (Å²) < 4.78 is 10.8. The summed E-state index contributed by atoms with van der Waals surface area (Å²) in [7, 11) is 0. The molecule has 0 aliphatic rings. The van der Waals surface area contributed by atoms with E-state index >= 15 is 0 Å². The monoisotopic (exact) mass is 364 g/mol. The third-order valence-corrected chi connectivity index (χ3v) is 4.69. The van der Waals surface area contributed by atoms with E-state index in [9.17, 15) is 10.2 Å². The maximum atomic E-state index is 10.3. The van der Waals surface area contributed by atoms with Crippen molar-refractivity contribution in [2.75, 3.05) is 19.0 Å². The lowest BCUT2D eigenvalue weighted by atomic mass is 10.1. The van der Waals surface area contributed by atoms with Crippen molar-refractivity contribution in [2.45, 2.75) is 103 Å². The minimum absolute atomic E-state index is 0.0144. The normalized spacial score (nSPS) is 15.4. The second-order valence-electron chi connectivity index (χ2n) is 6.61. The minimum Gasteiger partial charge on any atom is -0.364 e. The molecule has 0 heterocycles. The van der Waals surface area contributed by atoms with E-state index in [2.05, 4.69) is 26.5 Å². The highest BCUT2D eigenvalue weighted by atomic mass is 32.1. The first-order chi connectivity index (χ1) is 11.6. The van der Waals surface area contributed by atoms with Gasteiger partial charge in [0.15, 0.2) is 0 Å². The van der Waals surface area contributed by atoms with Crippen molar-refractivity contribution in [3.63, 3.8) is 0 Å². The molecule has 0 fully saturated rings. The van der Waals surface area contributed by atoms with Gasteiger partial charge in [0.05, 0.1) is 6.61 Å². The van der Waals surface area contributed by atoms with Gasteiger partial charge >= 0.3 is 0 Å². The Morgan fingerprint density at radius 2 is 1.25 bits per heavy atom. The Morgan fingerprint density at radius 1 is 0.792 bits per heavy atom. The van der Waals surface area contributed by atoms with Crippen LogP contribution in [0.25, 0.3) is 0 Å². The van der Waals surface area contributed by atoms with E-state index in [1.54, 1.807) is 0 Å². The lowest BCUT2D eigenvalue weighted by Crippen LogP contribution is -2.48. The van der Waals surface area contributed by atoms with Crippen molar-refractivity contribution < 1.29 is 19.7 Å². The summed E-state index contributed by atoms with van der Waals surface area (Å²) >= 11 is 4.10. The molecule has 0 aromatic heterocycles. The maximum absolute atomic E-state index is 10.3. The van der Waals surface area contributed by atoms with Gasteiger partial charge in [0.1, 0.15) is 0 Å². The maximum Gasteiger partial charge on any atom is 0.227 e. The van der Waals surface area contributed by atoms with Gasteiger partial charge in [0.25, 0.3) is 0 Å². The van der Waals surface area contributed by atoms with Crippen molar-refractivity contribution >= 4 is 12.6 Å². The Labute approximate surface area is 154 Å². The highest BCUT2D eigenvalue weighted by Gasteiger charge is 2.36. The fraction of sp³-hybridized carbons (Fsp3) is 1.00. The van der Waals surface area contributed by atoms with Gasteiger partial charge in [0, 0.05) is 12.4 Å². The van der Waals surface area contributed by atoms with Crippen LogP contribution in [0.1, 0.15) is 90.9 Å². The quantitative estimate of drug-likeness (QED) is 0.188. The molecule has 0 saturated heterocycles. The molecule has 0 aromatic carbocycles. The second-order valence-corrected chi connectivity index (χ2v) is 6.93. The molecule has 5 heteroatoms. The predicted molar refractivity (Wildman–Crippen MR) is 103 cm³/mol. The van der Waals surface area contributed by atoms with Crippen molar-refractivity contribution in [2.24, 2.45) is 0 Å². The largest absolute Gasteiger partial charge is 0.364 e. The smallest absolute Gasteiger partial charge is 0.227 e. The first-order valence-corrected chi connectivity index (χ1v) is 10.5. The Morgan fingerprint density at radius 3 is 1.75 bits per heavy atom. The standard InChI is InChI=1S/C19H40O4S/c1-3-5-7-9-11-13-15-22-18(20)19(21,17-24)23-16-14-12-10-8-6-4-2/h18,20-21,24H,3-17H2,1-2H3. The zero-order valence-electron chi connectivity index (χ0n) is 15.8. The number of unbranched alkanes of at least 4 members (excludes halogenated alkanes) is 10. The topological polar surface area (TPSA) is 58.9 Å². The average Bonchev–Trinajstić information content (AvgIpc) is 2.59. The molecule has 146 valence electrons. The molecular formula is C19H40O4S. The zero-order valence-corrected chi connectivity index (χ0v) is 16.7. The number of hydrogen-bond acceptors (Lipinski definition) is 5. The number of hydrogen-bond donors (Lipinski definition) is 3. The van der Waals surface area contributed by atoms with Crippen molar-refractivity contribution in [1.29, 1.82) is 0 Å². The molecule has 24 heavy (non-hydrogen) atoms. The first-order valence-electron chi connectivity index (χ1n) is 9.87. The predicted octanol–water partition coefficient (Wildman–Crippen LogP) is 4.68. The van der Waals surface area contributed by atoms with Gasteiger partial charge in [-0.3, -0.25) is 0 Å². The molecular weight excluding hydrogens is 324 g/mol. The van der Waals surface area contributed by atoms with Gasteiger partial charge < -0.3 is 19.7 Å². The third-order valence-electron chi connectivity index (χ3n) is 4.24. The summed E-state index contributed by atoms with van der Waals surface area (Å²) in [5, 5.41) is 20.4. The molecule has 0 spiro atoms. The minimum atomic E-state index is -1.71. The fourth-order valence-electron chi connectivity index (χ4n) is 2.53. The summed E-state index contributed by atoms with van der Waals surface area (Å²) in [5.74, 6) is -1.70. The number of aliphatic hydroxyl groups excluding tert-OH is 1. The van der Waals surface area contributed by atoms with E-state index < -0.39 is 12.1 Å².